The van der Waals surface area contributed by atoms with E-state index >= 15 is 0 Å². The van der Waals surface area contributed by atoms with Crippen molar-refractivity contribution in [3.05, 3.63) is 78.0 Å². The molecule has 4 aromatic rings. The van der Waals surface area contributed by atoms with Gasteiger partial charge in [0.25, 0.3) is 0 Å². The van der Waals surface area contributed by atoms with E-state index in [4.69, 9.17) is 0 Å². The lowest BCUT2D eigenvalue weighted by molar-refractivity contribution is 0.0976. The van der Waals surface area contributed by atoms with Crippen LogP contribution in [0.3, 0.4) is 0 Å². The Morgan fingerprint density at radius 3 is 2.42 bits per heavy atom. The number of piperazine rings is 1. The van der Waals surface area contributed by atoms with Crippen molar-refractivity contribution in [3.63, 3.8) is 0 Å². The second kappa shape index (κ2) is 11.6. The molecule has 0 radical (unpaired) electrons. The zero-order valence-electron chi connectivity index (χ0n) is 24.1. The molecule has 0 saturated carbocycles. The molecule has 9 heteroatoms. The number of aryl methyl sites for hydroxylation is 2. The Morgan fingerprint density at radius 2 is 1.75 bits per heavy atom. The summed E-state index contributed by atoms with van der Waals surface area (Å²) in [6.07, 6.45) is 6.44. The largest absolute Gasteiger partial charge is 0.368 e. The maximum atomic E-state index is 12.7. The van der Waals surface area contributed by atoms with E-state index in [-0.39, 0.29) is 11.3 Å². The number of Topliss-reactive ketones (excluding diaryl/α,β-unsaturated/α-hetero) is 1. The van der Waals surface area contributed by atoms with Crippen molar-refractivity contribution in [3.8, 4) is 11.3 Å². The van der Waals surface area contributed by atoms with Gasteiger partial charge >= 0.3 is 0 Å². The first-order valence-corrected chi connectivity index (χ1v) is 13.8. The second-order valence-electron chi connectivity index (χ2n) is 11.5. The minimum atomic E-state index is -0.146. The first kappa shape index (κ1) is 27.5. The summed E-state index contributed by atoms with van der Waals surface area (Å²) in [6, 6.07) is 14.1. The molecule has 1 fully saturated rings. The Balaban J connectivity index is 1.21. The molecular formula is C31H38N8O. The highest BCUT2D eigenvalue weighted by atomic mass is 16.1. The molecule has 5 rings (SSSR count). The third-order valence-electron chi connectivity index (χ3n) is 7.36. The maximum absolute atomic E-state index is 12.7. The zero-order chi connectivity index (χ0) is 28.3. The normalized spacial score (nSPS) is 14.4. The second-order valence-corrected chi connectivity index (χ2v) is 11.5. The standard InChI is InChI=1S/C31H38N8O/c1-22-18-24(7-6-23(22)8-10-28(40)26-12-13-39(36-26)31(2,3)4)27-19-30(34-21-33-27)35-29-11-9-25(20-32-29)38-16-14-37(5)15-17-38/h6-7,9,11-13,18-21H,8,10,14-17H2,1-5H3,(H,32,33,34,35). The highest BCUT2D eigenvalue weighted by Gasteiger charge is 2.18. The van der Waals surface area contributed by atoms with Gasteiger partial charge in [-0.2, -0.15) is 5.10 Å². The van der Waals surface area contributed by atoms with Crippen LogP contribution in [-0.4, -0.2) is 68.6 Å². The number of pyridine rings is 1. The van der Waals surface area contributed by atoms with Crippen molar-refractivity contribution in [2.24, 2.45) is 0 Å². The fourth-order valence-corrected chi connectivity index (χ4v) is 4.78. The molecule has 9 nitrogen and oxygen atoms in total. The molecule has 3 aromatic heterocycles. The molecule has 1 aliphatic rings. The van der Waals surface area contributed by atoms with Gasteiger partial charge in [0.2, 0.25) is 0 Å². The van der Waals surface area contributed by atoms with Crippen molar-refractivity contribution in [2.75, 3.05) is 43.4 Å². The molecule has 4 heterocycles. The predicted octanol–water partition coefficient (Wildman–Crippen LogP) is 5.11. The summed E-state index contributed by atoms with van der Waals surface area (Å²) in [5.41, 5.74) is 5.61. The Bertz CT molecular complexity index is 1460. The number of hydrogen-bond donors (Lipinski definition) is 1. The Kier molecular flexibility index (Phi) is 7.93. The number of anilines is 3. The minimum absolute atomic E-state index is 0.0585. The smallest absolute Gasteiger partial charge is 0.183 e. The highest BCUT2D eigenvalue weighted by Crippen LogP contribution is 2.25. The summed E-state index contributed by atoms with van der Waals surface area (Å²) in [5, 5.41) is 7.78. The van der Waals surface area contributed by atoms with Gasteiger partial charge < -0.3 is 15.1 Å². The molecule has 0 bridgehead atoms. The SMILES string of the molecule is Cc1cc(-c2cc(Nc3ccc(N4CCN(C)CC4)cn3)ncn2)ccc1CCC(=O)c1ccn(C(C)(C)C)n1. The van der Waals surface area contributed by atoms with E-state index in [2.05, 4.69) is 94.2 Å². The third-order valence-corrected chi connectivity index (χ3v) is 7.36. The van der Waals surface area contributed by atoms with Crippen LogP contribution in [0.15, 0.2) is 61.2 Å². The van der Waals surface area contributed by atoms with Gasteiger partial charge in [-0.3, -0.25) is 9.48 Å². The first-order valence-electron chi connectivity index (χ1n) is 13.8. The molecule has 1 N–H and O–H groups in total. The quantitative estimate of drug-likeness (QED) is 0.310. The maximum Gasteiger partial charge on any atom is 0.183 e. The fourth-order valence-electron chi connectivity index (χ4n) is 4.78. The summed E-state index contributed by atoms with van der Waals surface area (Å²) in [6.45, 7) is 12.4. The molecule has 0 amide bonds. The number of nitrogens with zero attached hydrogens (tertiary/aromatic N) is 7. The van der Waals surface area contributed by atoms with Crippen LogP contribution in [0, 0.1) is 6.92 Å². The number of aromatic nitrogens is 5. The van der Waals surface area contributed by atoms with Crippen LogP contribution >= 0.6 is 0 Å². The molecule has 0 unspecified atom stereocenters. The molecule has 0 atom stereocenters. The third kappa shape index (κ3) is 6.54. The number of carbonyl (C=O) groups is 1. The lowest BCUT2D eigenvalue weighted by Crippen LogP contribution is -2.44. The molecule has 1 aromatic carbocycles. The topological polar surface area (TPSA) is 92.1 Å². The number of carbonyl (C=O) groups excluding carboxylic acids is 1. The number of ketones is 1. The summed E-state index contributed by atoms with van der Waals surface area (Å²) < 4.78 is 1.84. The molecule has 0 spiro atoms. The van der Waals surface area contributed by atoms with E-state index in [0.717, 1.165) is 60.1 Å². The number of benzene rings is 1. The van der Waals surface area contributed by atoms with Gasteiger partial charge in [0.1, 0.15) is 23.7 Å². The van der Waals surface area contributed by atoms with E-state index in [1.165, 1.54) is 0 Å². The van der Waals surface area contributed by atoms with Crippen LogP contribution in [0.2, 0.25) is 0 Å². The molecule has 40 heavy (non-hydrogen) atoms. The molecule has 1 saturated heterocycles. The van der Waals surface area contributed by atoms with E-state index < -0.39 is 0 Å². The summed E-state index contributed by atoms with van der Waals surface area (Å²) in [5.74, 6) is 1.49. The van der Waals surface area contributed by atoms with Gasteiger partial charge in [-0.25, -0.2) is 15.0 Å². The average Bonchev–Trinajstić information content (AvgIpc) is 3.45. The summed E-state index contributed by atoms with van der Waals surface area (Å²) in [7, 11) is 2.16. The Morgan fingerprint density at radius 1 is 0.950 bits per heavy atom. The van der Waals surface area contributed by atoms with Gasteiger partial charge in [0.15, 0.2) is 5.78 Å². The van der Waals surface area contributed by atoms with Crippen molar-refractivity contribution in [1.29, 1.82) is 0 Å². The van der Waals surface area contributed by atoms with Crippen molar-refractivity contribution in [1.82, 2.24) is 29.6 Å². The number of hydrogen-bond acceptors (Lipinski definition) is 8. The highest BCUT2D eigenvalue weighted by molar-refractivity contribution is 5.94. The van der Waals surface area contributed by atoms with E-state index in [0.29, 0.717) is 24.4 Å². The van der Waals surface area contributed by atoms with E-state index in [1.807, 2.05) is 35.3 Å². The Hall–Kier alpha value is -4.11. The Labute approximate surface area is 236 Å². The molecular weight excluding hydrogens is 500 g/mol. The van der Waals surface area contributed by atoms with Gasteiger partial charge in [0, 0.05) is 50.4 Å². The summed E-state index contributed by atoms with van der Waals surface area (Å²) >= 11 is 0. The predicted molar refractivity (Wildman–Crippen MR) is 159 cm³/mol. The summed E-state index contributed by atoms with van der Waals surface area (Å²) in [4.78, 5) is 30.9. The van der Waals surface area contributed by atoms with E-state index in [9.17, 15) is 4.79 Å². The monoisotopic (exact) mass is 538 g/mol. The fraction of sp³-hybridized carbons (Fsp3) is 0.387. The number of likely N-dealkylation sites (N-methyl/N-ethyl adjacent to an activating group) is 1. The van der Waals surface area contributed by atoms with E-state index in [1.54, 1.807) is 6.33 Å². The van der Waals surface area contributed by atoms with Gasteiger partial charge in [-0.1, -0.05) is 12.1 Å². The lowest BCUT2D eigenvalue weighted by Gasteiger charge is -2.33. The van der Waals surface area contributed by atoms with Crippen molar-refractivity contribution in [2.45, 2.75) is 46.1 Å². The van der Waals surface area contributed by atoms with Crippen LogP contribution in [0.4, 0.5) is 17.3 Å². The average molecular weight is 539 g/mol. The van der Waals surface area contributed by atoms with Crippen LogP contribution in [0.5, 0.6) is 0 Å². The molecule has 0 aliphatic carbocycles. The number of rotatable bonds is 8. The van der Waals surface area contributed by atoms with Crippen LogP contribution in [0.1, 0.15) is 48.8 Å². The van der Waals surface area contributed by atoms with Gasteiger partial charge in [-0.15, -0.1) is 0 Å². The van der Waals surface area contributed by atoms with Crippen LogP contribution in [-0.2, 0) is 12.0 Å². The number of nitrogens with one attached hydrogen (secondary N) is 1. The van der Waals surface area contributed by atoms with Gasteiger partial charge in [-0.05, 0) is 76.6 Å². The van der Waals surface area contributed by atoms with Crippen molar-refractivity contribution < 1.29 is 4.79 Å². The van der Waals surface area contributed by atoms with Crippen LogP contribution < -0.4 is 10.2 Å². The minimum Gasteiger partial charge on any atom is -0.368 e. The van der Waals surface area contributed by atoms with Gasteiger partial charge in [0.05, 0.1) is 23.1 Å². The van der Waals surface area contributed by atoms with Crippen molar-refractivity contribution >= 4 is 23.1 Å². The lowest BCUT2D eigenvalue weighted by atomic mass is 9.98. The molecule has 1 aliphatic heterocycles. The van der Waals surface area contributed by atoms with Crippen LogP contribution in [0.25, 0.3) is 11.3 Å². The zero-order valence-corrected chi connectivity index (χ0v) is 24.1. The molecule has 208 valence electrons. The first-order chi connectivity index (χ1) is 19.2.